The minimum absolute atomic E-state index is 0.0907. The Bertz CT molecular complexity index is 406. The fourth-order valence-electron chi connectivity index (χ4n) is 3.08. The van der Waals surface area contributed by atoms with Gasteiger partial charge in [-0.25, -0.2) is 0 Å². The zero-order valence-corrected chi connectivity index (χ0v) is 13.7. The van der Waals surface area contributed by atoms with E-state index in [0.717, 1.165) is 13.1 Å². The molecule has 0 fully saturated rings. The smallest absolute Gasteiger partial charge is 0.0429 e. The van der Waals surface area contributed by atoms with Crippen molar-refractivity contribution in [2.75, 3.05) is 20.1 Å². The number of hydrogen-bond donors (Lipinski definition) is 1. The molecule has 0 aliphatic heterocycles. The van der Waals surface area contributed by atoms with Crippen molar-refractivity contribution in [1.29, 1.82) is 0 Å². The first-order valence-electron chi connectivity index (χ1n) is 7.12. The molecule has 0 amide bonds. The molecule has 1 atom stereocenters. The number of benzene rings is 1. The Morgan fingerprint density at radius 2 is 1.58 bits per heavy atom. The van der Waals surface area contributed by atoms with E-state index in [2.05, 4.69) is 65.6 Å². The van der Waals surface area contributed by atoms with E-state index in [1.165, 1.54) is 22.3 Å². The molecular weight excluding hydrogens is 232 g/mol. The van der Waals surface area contributed by atoms with Gasteiger partial charge in [-0.15, -0.1) is 0 Å². The van der Waals surface area contributed by atoms with E-state index in [-0.39, 0.29) is 6.04 Å². The summed E-state index contributed by atoms with van der Waals surface area (Å²) in [6.07, 6.45) is 0. The average Bonchev–Trinajstić information content (AvgIpc) is 2.10. The van der Waals surface area contributed by atoms with Crippen molar-refractivity contribution in [3.05, 3.63) is 34.4 Å². The summed E-state index contributed by atoms with van der Waals surface area (Å²) in [4.78, 5) is 2.34. The van der Waals surface area contributed by atoms with Crippen LogP contribution in [0.15, 0.2) is 12.1 Å². The lowest BCUT2D eigenvalue weighted by Crippen LogP contribution is -2.35. The highest BCUT2D eigenvalue weighted by Crippen LogP contribution is 2.23. The van der Waals surface area contributed by atoms with Crippen LogP contribution in [0, 0.1) is 26.2 Å². The third-order valence-electron chi connectivity index (χ3n) is 3.36. The van der Waals surface area contributed by atoms with Gasteiger partial charge in [-0.05, 0) is 49.9 Å². The van der Waals surface area contributed by atoms with Gasteiger partial charge >= 0.3 is 0 Å². The molecule has 0 heterocycles. The second kappa shape index (κ2) is 6.06. The molecule has 0 saturated heterocycles. The quantitative estimate of drug-likeness (QED) is 0.898. The maximum atomic E-state index is 6.42. The number of rotatable bonds is 4. The molecule has 0 saturated carbocycles. The van der Waals surface area contributed by atoms with Gasteiger partial charge in [0.05, 0.1) is 0 Å². The molecule has 0 radical (unpaired) electrons. The van der Waals surface area contributed by atoms with Gasteiger partial charge in [-0.2, -0.15) is 0 Å². The van der Waals surface area contributed by atoms with Crippen LogP contribution in [0.5, 0.6) is 0 Å². The monoisotopic (exact) mass is 262 g/mol. The number of nitrogens with two attached hydrogens (primary N) is 1. The number of nitrogens with zero attached hydrogens (tertiary/aromatic N) is 1. The second-order valence-corrected chi connectivity index (χ2v) is 7.18. The van der Waals surface area contributed by atoms with Crippen LogP contribution in [0.3, 0.4) is 0 Å². The Morgan fingerprint density at radius 1 is 1.11 bits per heavy atom. The van der Waals surface area contributed by atoms with Gasteiger partial charge in [0.25, 0.3) is 0 Å². The van der Waals surface area contributed by atoms with E-state index < -0.39 is 0 Å². The Morgan fingerprint density at radius 3 is 2.00 bits per heavy atom. The lowest BCUT2D eigenvalue weighted by atomic mass is 9.93. The maximum Gasteiger partial charge on any atom is 0.0429 e. The number of likely N-dealkylation sites (N-methyl/N-ethyl adjacent to an activating group) is 1. The molecule has 1 rings (SSSR count). The zero-order valence-electron chi connectivity index (χ0n) is 13.7. The molecule has 1 unspecified atom stereocenters. The molecule has 0 spiro atoms. The van der Waals surface area contributed by atoms with Crippen LogP contribution < -0.4 is 5.73 Å². The van der Waals surface area contributed by atoms with Gasteiger partial charge < -0.3 is 10.6 Å². The summed E-state index contributed by atoms with van der Waals surface area (Å²) in [5.74, 6) is 0. The van der Waals surface area contributed by atoms with Crippen molar-refractivity contribution in [2.24, 2.45) is 11.1 Å². The largest absolute Gasteiger partial charge is 0.323 e. The van der Waals surface area contributed by atoms with Crippen LogP contribution in [0.2, 0.25) is 0 Å². The molecule has 1 aromatic carbocycles. The number of hydrogen-bond acceptors (Lipinski definition) is 2. The van der Waals surface area contributed by atoms with Crippen LogP contribution in [-0.4, -0.2) is 25.0 Å². The van der Waals surface area contributed by atoms with Gasteiger partial charge in [0.15, 0.2) is 0 Å². The molecular formula is C17H30N2. The van der Waals surface area contributed by atoms with Gasteiger partial charge in [-0.3, -0.25) is 0 Å². The molecule has 108 valence electrons. The third kappa shape index (κ3) is 4.96. The second-order valence-electron chi connectivity index (χ2n) is 7.18. The van der Waals surface area contributed by atoms with E-state index in [0.29, 0.717) is 5.41 Å². The van der Waals surface area contributed by atoms with E-state index in [1.807, 2.05) is 0 Å². The van der Waals surface area contributed by atoms with Gasteiger partial charge in [0, 0.05) is 19.1 Å². The summed E-state index contributed by atoms with van der Waals surface area (Å²) < 4.78 is 0. The maximum absolute atomic E-state index is 6.42. The van der Waals surface area contributed by atoms with Gasteiger partial charge in [0.2, 0.25) is 0 Å². The first-order chi connectivity index (χ1) is 8.60. The molecule has 1 aromatic rings. The minimum atomic E-state index is 0.0907. The molecule has 2 nitrogen and oxygen atoms in total. The molecule has 0 aliphatic rings. The predicted octanol–water partition coefficient (Wildman–Crippen LogP) is 3.59. The molecule has 2 heteroatoms. The van der Waals surface area contributed by atoms with Crippen molar-refractivity contribution in [1.82, 2.24) is 4.90 Å². The lowest BCUT2D eigenvalue weighted by Gasteiger charge is -2.29. The fourth-order valence-corrected chi connectivity index (χ4v) is 3.08. The summed E-state index contributed by atoms with van der Waals surface area (Å²) in [7, 11) is 2.16. The zero-order chi connectivity index (χ0) is 14.8. The van der Waals surface area contributed by atoms with Gasteiger partial charge in [0.1, 0.15) is 0 Å². The SMILES string of the molecule is Cc1cc(C)c(C(N)CN(C)CC(C)(C)C)c(C)c1. The third-order valence-corrected chi connectivity index (χ3v) is 3.36. The first-order valence-corrected chi connectivity index (χ1v) is 7.12. The van der Waals surface area contributed by atoms with Crippen molar-refractivity contribution >= 4 is 0 Å². The Hall–Kier alpha value is -0.860. The van der Waals surface area contributed by atoms with Crippen LogP contribution in [0.1, 0.15) is 49.1 Å². The predicted molar refractivity (Wildman–Crippen MR) is 84.5 cm³/mol. The standard InChI is InChI=1S/C17H30N2/c1-12-8-13(2)16(14(3)9-12)15(18)10-19(7)11-17(4,5)6/h8-9,15H,10-11,18H2,1-7H3. The van der Waals surface area contributed by atoms with Crippen molar-refractivity contribution in [3.8, 4) is 0 Å². The molecule has 2 N–H and O–H groups in total. The summed E-state index contributed by atoms with van der Waals surface area (Å²) in [6.45, 7) is 15.2. The molecule has 0 aromatic heterocycles. The highest BCUT2D eigenvalue weighted by atomic mass is 15.1. The van der Waals surface area contributed by atoms with Crippen LogP contribution in [0.4, 0.5) is 0 Å². The van der Waals surface area contributed by atoms with Crippen LogP contribution >= 0.6 is 0 Å². The summed E-state index contributed by atoms with van der Waals surface area (Å²) in [6, 6.07) is 4.55. The lowest BCUT2D eigenvalue weighted by molar-refractivity contribution is 0.217. The highest BCUT2D eigenvalue weighted by molar-refractivity contribution is 5.39. The molecule has 0 bridgehead atoms. The topological polar surface area (TPSA) is 29.3 Å². The molecule has 0 aliphatic carbocycles. The van der Waals surface area contributed by atoms with E-state index in [4.69, 9.17) is 5.73 Å². The Labute approximate surface area is 119 Å². The van der Waals surface area contributed by atoms with E-state index in [9.17, 15) is 0 Å². The van der Waals surface area contributed by atoms with Crippen LogP contribution in [0.25, 0.3) is 0 Å². The molecule has 19 heavy (non-hydrogen) atoms. The van der Waals surface area contributed by atoms with Crippen LogP contribution in [-0.2, 0) is 0 Å². The normalized spacial score (nSPS) is 13.9. The Kier molecular flexibility index (Phi) is 5.17. The Balaban J connectivity index is 2.81. The highest BCUT2D eigenvalue weighted by Gasteiger charge is 2.18. The van der Waals surface area contributed by atoms with Crippen molar-refractivity contribution < 1.29 is 0 Å². The average molecular weight is 262 g/mol. The fraction of sp³-hybridized carbons (Fsp3) is 0.647. The summed E-state index contributed by atoms with van der Waals surface area (Å²) >= 11 is 0. The first kappa shape index (κ1) is 16.2. The minimum Gasteiger partial charge on any atom is -0.323 e. The van der Waals surface area contributed by atoms with Gasteiger partial charge in [-0.1, -0.05) is 38.5 Å². The summed E-state index contributed by atoms with van der Waals surface area (Å²) in [5.41, 5.74) is 12.0. The van der Waals surface area contributed by atoms with E-state index in [1.54, 1.807) is 0 Å². The van der Waals surface area contributed by atoms with Crippen molar-refractivity contribution in [2.45, 2.75) is 47.6 Å². The van der Waals surface area contributed by atoms with E-state index >= 15 is 0 Å². The number of aryl methyl sites for hydroxylation is 3. The summed E-state index contributed by atoms with van der Waals surface area (Å²) in [5, 5.41) is 0. The van der Waals surface area contributed by atoms with Crippen molar-refractivity contribution in [3.63, 3.8) is 0 Å².